The molecule has 0 fully saturated rings. The number of ether oxygens (including phenoxy) is 5. The van der Waals surface area contributed by atoms with Gasteiger partial charge < -0.3 is 29.4 Å². The topological polar surface area (TPSA) is 158 Å². The molecule has 3 aromatic carbocycles. The van der Waals surface area contributed by atoms with Crippen molar-refractivity contribution in [1.29, 1.82) is 0 Å². The summed E-state index contributed by atoms with van der Waals surface area (Å²) in [6.45, 7) is 5.35. The SMILES string of the molecule is CCCOc1ccc(N)c(OC)c1.CCCOc1ccc([N+](=O)[O-])c(OC)c1.COc1cc(F)ccc1[N+](=O)[O-]. The fraction of sp³-hybridized carbons (Fsp3) is 0.333. The lowest BCUT2D eigenvalue weighted by Crippen LogP contribution is -1.97. The van der Waals surface area contributed by atoms with E-state index in [-0.39, 0.29) is 22.9 Å². The predicted molar refractivity (Wildman–Crippen MR) is 148 cm³/mol. The summed E-state index contributed by atoms with van der Waals surface area (Å²) in [5.41, 5.74) is 5.99. The Bertz CT molecular complexity index is 1240. The largest absolute Gasteiger partial charge is 0.494 e. The minimum Gasteiger partial charge on any atom is -0.494 e. The van der Waals surface area contributed by atoms with E-state index in [1.165, 1.54) is 26.4 Å². The minimum atomic E-state index is -0.627. The molecule has 0 aliphatic carbocycles. The van der Waals surface area contributed by atoms with Crippen molar-refractivity contribution < 1.29 is 37.9 Å². The van der Waals surface area contributed by atoms with Crippen LogP contribution < -0.4 is 29.4 Å². The first-order chi connectivity index (χ1) is 19.1. The highest BCUT2D eigenvalue weighted by molar-refractivity contribution is 5.55. The molecular weight excluding hydrogens is 529 g/mol. The van der Waals surface area contributed by atoms with Crippen LogP contribution in [0.2, 0.25) is 0 Å². The van der Waals surface area contributed by atoms with E-state index in [4.69, 9.17) is 24.7 Å². The molecule has 40 heavy (non-hydrogen) atoms. The van der Waals surface area contributed by atoms with Crippen LogP contribution >= 0.6 is 0 Å². The molecule has 0 amide bonds. The van der Waals surface area contributed by atoms with E-state index in [0.717, 1.165) is 36.8 Å². The van der Waals surface area contributed by atoms with Gasteiger partial charge in [0.15, 0.2) is 5.75 Å². The predicted octanol–water partition coefficient (Wildman–Crippen LogP) is 6.20. The first-order valence-electron chi connectivity index (χ1n) is 12.1. The average Bonchev–Trinajstić information content (AvgIpc) is 2.95. The summed E-state index contributed by atoms with van der Waals surface area (Å²) in [6.07, 6.45) is 1.88. The standard InChI is InChI=1S/C10H13NO4.C10H15NO2.C7H6FNO3/c1-3-6-15-8-4-5-9(11(12)13)10(7-8)14-2;1-3-6-13-8-4-5-9(11)10(7-8)12-2;1-12-7-4-5(8)2-3-6(7)9(10)11/h4-5,7H,3,6H2,1-2H3;4-5,7H,3,6,11H2,1-2H3;2-4H,1H3. The second kappa shape index (κ2) is 17.7. The van der Waals surface area contributed by atoms with Gasteiger partial charge in [0, 0.05) is 30.3 Å². The van der Waals surface area contributed by atoms with Crippen LogP contribution in [0.5, 0.6) is 28.7 Å². The number of benzene rings is 3. The molecule has 0 atom stereocenters. The molecule has 3 rings (SSSR count). The third kappa shape index (κ3) is 10.9. The fourth-order valence-corrected chi connectivity index (χ4v) is 2.92. The number of methoxy groups -OCH3 is 3. The van der Waals surface area contributed by atoms with Crippen LogP contribution in [0.1, 0.15) is 26.7 Å². The van der Waals surface area contributed by atoms with Crippen LogP contribution in [0.3, 0.4) is 0 Å². The van der Waals surface area contributed by atoms with E-state index in [0.29, 0.717) is 30.4 Å². The van der Waals surface area contributed by atoms with Crippen LogP contribution in [0.25, 0.3) is 0 Å². The number of nitrogen functional groups attached to an aromatic ring is 1. The van der Waals surface area contributed by atoms with E-state index in [9.17, 15) is 24.6 Å². The third-order valence-electron chi connectivity index (χ3n) is 4.84. The first kappa shape index (κ1) is 33.2. The number of nitrogens with two attached hydrogens (primary N) is 1. The minimum absolute atomic E-state index is 0.0543. The summed E-state index contributed by atoms with van der Waals surface area (Å²) in [5, 5.41) is 20.9. The summed E-state index contributed by atoms with van der Waals surface area (Å²) in [6, 6.07) is 12.9. The highest BCUT2D eigenvalue weighted by atomic mass is 19.1. The van der Waals surface area contributed by atoms with Gasteiger partial charge in [-0.25, -0.2) is 4.39 Å². The molecule has 0 unspecified atom stereocenters. The monoisotopic (exact) mass is 563 g/mol. The lowest BCUT2D eigenvalue weighted by Gasteiger charge is -2.08. The second-order valence-corrected chi connectivity index (χ2v) is 7.76. The molecule has 0 spiro atoms. The second-order valence-electron chi connectivity index (χ2n) is 7.76. The molecule has 0 radical (unpaired) electrons. The molecule has 12 nitrogen and oxygen atoms in total. The Hall–Kier alpha value is -4.81. The molecule has 0 saturated heterocycles. The quantitative estimate of drug-likeness (QED) is 0.162. The number of rotatable bonds is 11. The summed E-state index contributed by atoms with van der Waals surface area (Å²) in [4.78, 5) is 19.8. The van der Waals surface area contributed by atoms with E-state index in [1.807, 2.05) is 13.0 Å². The van der Waals surface area contributed by atoms with Gasteiger partial charge in [-0.3, -0.25) is 20.2 Å². The van der Waals surface area contributed by atoms with E-state index in [1.54, 1.807) is 25.3 Å². The molecule has 0 aliphatic heterocycles. The maximum atomic E-state index is 12.5. The number of anilines is 1. The van der Waals surface area contributed by atoms with Crippen molar-refractivity contribution in [2.75, 3.05) is 40.3 Å². The number of hydrogen-bond donors (Lipinski definition) is 1. The third-order valence-corrected chi connectivity index (χ3v) is 4.84. The summed E-state index contributed by atoms with van der Waals surface area (Å²) in [5.74, 6) is 1.63. The van der Waals surface area contributed by atoms with E-state index < -0.39 is 15.7 Å². The van der Waals surface area contributed by atoms with Crippen molar-refractivity contribution >= 4 is 17.1 Å². The zero-order valence-electron chi connectivity index (χ0n) is 23.0. The van der Waals surface area contributed by atoms with Crippen LogP contribution in [-0.4, -0.2) is 44.4 Å². The summed E-state index contributed by atoms with van der Waals surface area (Å²) >= 11 is 0. The van der Waals surface area contributed by atoms with Crippen molar-refractivity contribution in [2.45, 2.75) is 26.7 Å². The number of halogens is 1. The smallest absolute Gasteiger partial charge is 0.311 e. The highest BCUT2D eigenvalue weighted by Gasteiger charge is 2.15. The molecular formula is C27H34FN3O9. The van der Waals surface area contributed by atoms with Gasteiger partial charge in [0.2, 0.25) is 5.75 Å². The van der Waals surface area contributed by atoms with Gasteiger partial charge in [0.1, 0.15) is 23.1 Å². The molecule has 2 N–H and O–H groups in total. The van der Waals surface area contributed by atoms with Crippen molar-refractivity contribution in [3.05, 3.63) is 80.6 Å². The van der Waals surface area contributed by atoms with Gasteiger partial charge in [-0.2, -0.15) is 0 Å². The maximum absolute atomic E-state index is 12.5. The Morgan fingerprint density at radius 3 is 1.57 bits per heavy atom. The van der Waals surface area contributed by atoms with Crippen molar-refractivity contribution in [3.63, 3.8) is 0 Å². The van der Waals surface area contributed by atoms with Gasteiger partial charge in [-0.15, -0.1) is 0 Å². The van der Waals surface area contributed by atoms with Crippen LogP contribution in [0.15, 0.2) is 54.6 Å². The lowest BCUT2D eigenvalue weighted by molar-refractivity contribution is -0.385. The fourth-order valence-electron chi connectivity index (χ4n) is 2.92. The Kier molecular flexibility index (Phi) is 14.7. The van der Waals surface area contributed by atoms with Gasteiger partial charge in [0.25, 0.3) is 0 Å². The molecule has 3 aromatic rings. The van der Waals surface area contributed by atoms with Gasteiger partial charge in [-0.05, 0) is 37.1 Å². The first-order valence-corrected chi connectivity index (χ1v) is 12.1. The van der Waals surface area contributed by atoms with Crippen molar-refractivity contribution in [3.8, 4) is 28.7 Å². The van der Waals surface area contributed by atoms with E-state index >= 15 is 0 Å². The molecule has 218 valence electrons. The normalized spacial score (nSPS) is 9.65. The average molecular weight is 564 g/mol. The zero-order valence-corrected chi connectivity index (χ0v) is 23.0. The Morgan fingerprint density at radius 2 is 1.12 bits per heavy atom. The van der Waals surface area contributed by atoms with Gasteiger partial charge in [0.05, 0.1) is 50.1 Å². The van der Waals surface area contributed by atoms with Crippen LogP contribution in [-0.2, 0) is 0 Å². The molecule has 0 bridgehead atoms. The van der Waals surface area contributed by atoms with E-state index in [2.05, 4.69) is 11.7 Å². The highest BCUT2D eigenvalue weighted by Crippen LogP contribution is 2.31. The number of hydrogen-bond acceptors (Lipinski definition) is 10. The molecule has 0 aliphatic rings. The molecule has 0 aromatic heterocycles. The molecule has 13 heteroatoms. The van der Waals surface area contributed by atoms with Gasteiger partial charge in [-0.1, -0.05) is 13.8 Å². The number of nitro groups is 2. The Morgan fingerprint density at radius 1 is 0.700 bits per heavy atom. The van der Waals surface area contributed by atoms with Gasteiger partial charge >= 0.3 is 11.4 Å². The summed E-state index contributed by atoms with van der Waals surface area (Å²) in [7, 11) is 4.24. The molecule has 0 heterocycles. The molecule has 0 saturated carbocycles. The van der Waals surface area contributed by atoms with Crippen LogP contribution in [0.4, 0.5) is 21.5 Å². The maximum Gasteiger partial charge on any atom is 0.311 e. The Balaban J connectivity index is 0.000000302. The Labute approximate surface area is 231 Å². The number of nitro benzene ring substituents is 2. The summed E-state index contributed by atoms with van der Waals surface area (Å²) < 4.78 is 37.8. The van der Waals surface area contributed by atoms with Crippen LogP contribution in [0, 0.1) is 26.0 Å². The lowest BCUT2D eigenvalue weighted by atomic mass is 10.3. The van der Waals surface area contributed by atoms with Crippen molar-refractivity contribution in [1.82, 2.24) is 0 Å². The van der Waals surface area contributed by atoms with Crippen molar-refractivity contribution in [2.24, 2.45) is 0 Å². The number of nitrogens with zero attached hydrogens (tertiary/aromatic N) is 2. The zero-order chi connectivity index (χ0) is 30.1.